The fourth-order valence-corrected chi connectivity index (χ4v) is 4.25. The van der Waals surface area contributed by atoms with Gasteiger partial charge in [-0.15, -0.1) is 0 Å². The summed E-state index contributed by atoms with van der Waals surface area (Å²) in [7, 11) is 4.03. The van der Waals surface area contributed by atoms with Crippen LogP contribution in [0.5, 0.6) is 0 Å². The Morgan fingerprint density at radius 3 is 2.46 bits per heavy atom. The summed E-state index contributed by atoms with van der Waals surface area (Å²) in [6.07, 6.45) is 5.33. The highest BCUT2D eigenvalue weighted by atomic mass is 32.1. The first-order valence-corrected chi connectivity index (χ1v) is 10.6. The van der Waals surface area contributed by atoms with E-state index in [-0.39, 0.29) is 29.7 Å². The maximum atomic E-state index is 12.8. The van der Waals surface area contributed by atoms with Crippen molar-refractivity contribution in [3.8, 4) is 0 Å². The number of carbonyl (C=O) groups excluding carboxylic acids is 2. The van der Waals surface area contributed by atoms with E-state index in [1.807, 2.05) is 27.9 Å². The van der Waals surface area contributed by atoms with Gasteiger partial charge < -0.3 is 15.5 Å². The van der Waals surface area contributed by atoms with Crippen molar-refractivity contribution in [2.45, 2.75) is 58.0 Å². The van der Waals surface area contributed by atoms with Crippen LogP contribution in [0.3, 0.4) is 0 Å². The van der Waals surface area contributed by atoms with Crippen molar-refractivity contribution in [3.63, 3.8) is 0 Å². The average molecular weight is 380 g/mol. The van der Waals surface area contributed by atoms with Gasteiger partial charge in [0, 0.05) is 12.5 Å². The van der Waals surface area contributed by atoms with Gasteiger partial charge in [-0.3, -0.25) is 9.59 Å². The topological polar surface area (TPSA) is 61.4 Å². The molecule has 1 aromatic rings. The maximum absolute atomic E-state index is 12.8. The third-order valence-electron chi connectivity index (χ3n) is 5.24. The molecule has 0 saturated heterocycles. The van der Waals surface area contributed by atoms with E-state index >= 15 is 0 Å². The van der Waals surface area contributed by atoms with Gasteiger partial charge in [-0.1, -0.05) is 33.1 Å². The molecule has 5 nitrogen and oxygen atoms in total. The Bertz CT molecular complexity index is 566. The van der Waals surface area contributed by atoms with E-state index in [1.165, 1.54) is 12.0 Å². The molecule has 1 fully saturated rings. The molecule has 26 heavy (non-hydrogen) atoms. The summed E-state index contributed by atoms with van der Waals surface area (Å²) in [5.74, 6) is 0.0754. The summed E-state index contributed by atoms with van der Waals surface area (Å²) in [5, 5.41) is 10.2. The van der Waals surface area contributed by atoms with Crippen molar-refractivity contribution in [1.29, 1.82) is 0 Å². The van der Waals surface area contributed by atoms with Crippen LogP contribution >= 0.6 is 11.3 Å². The SMILES string of the molecule is CC(C)[C@@H](NC(=O)C1CCCCC1)C(=O)NC[C@H](c1ccsc1)N(C)C. The smallest absolute Gasteiger partial charge is 0.242 e. The van der Waals surface area contributed by atoms with Gasteiger partial charge in [-0.25, -0.2) is 0 Å². The molecule has 1 saturated carbocycles. The molecule has 0 unspecified atom stereocenters. The Morgan fingerprint density at radius 1 is 1.23 bits per heavy atom. The summed E-state index contributed by atoms with van der Waals surface area (Å²) >= 11 is 1.66. The van der Waals surface area contributed by atoms with Gasteiger partial charge in [0.15, 0.2) is 0 Å². The lowest BCUT2D eigenvalue weighted by Crippen LogP contribution is -2.52. The molecule has 0 bridgehead atoms. The van der Waals surface area contributed by atoms with Gasteiger partial charge in [0.25, 0.3) is 0 Å². The van der Waals surface area contributed by atoms with E-state index in [9.17, 15) is 9.59 Å². The number of nitrogens with zero attached hydrogens (tertiary/aromatic N) is 1. The van der Waals surface area contributed by atoms with Crippen molar-refractivity contribution >= 4 is 23.2 Å². The monoisotopic (exact) mass is 379 g/mol. The van der Waals surface area contributed by atoms with Crippen LogP contribution in [-0.2, 0) is 9.59 Å². The van der Waals surface area contributed by atoms with Crippen LogP contribution in [0, 0.1) is 11.8 Å². The zero-order valence-corrected chi connectivity index (χ0v) is 17.3. The van der Waals surface area contributed by atoms with Crippen molar-refractivity contribution in [2.24, 2.45) is 11.8 Å². The molecule has 2 amide bonds. The van der Waals surface area contributed by atoms with Gasteiger partial charge in [-0.2, -0.15) is 11.3 Å². The van der Waals surface area contributed by atoms with Crippen LogP contribution in [0.25, 0.3) is 0 Å². The predicted octanol–water partition coefficient (Wildman–Crippen LogP) is 3.19. The largest absolute Gasteiger partial charge is 0.352 e. The van der Waals surface area contributed by atoms with Crippen LogP contribution in [-0.4, -0.2) is 43.4 Å². The highest BCUT2D eigenvalue weighted by molar-refractivity contribution is 7.07. The van der Waals surface area contributed by atoms with Crippen molar-refractivity contribution in [2.75, 3.05) is 20.6 Å². The first kappa shape index (κ1) is 20.9. The average Bonchev–Trinajstić information content (AvgIpc) is 3.13. The standard InChI is InChI=1S/C20H33N3O2S/c1-14(2)18(22-19(24)15-8-6-5-7-9-15)20(25)21-12-17(23(3)4)16-10-11-26-13-16/h10-11,13-15,17-18H,5-9,12H2,1-4H3,(H,21,25)(H,22,24)/t17-,18-/m1/s1. The number of hydrogen-bond acceptors (Lipinski definition) is 4. The molecular formula is C20H33N3O2S. The highest BCUT2D eigenvalue weighted by Crippen LogP contribution is 2.24. The fraction of sp³-hybridized carbons (Fsp3) is 0.700. The Hall–Kier alpha value is -1.40. The van der Waals surface area contributed by atoms with Gasteiger partial charge in [0.2, 0.25) is 11.8 Å². The van der Waals surface area contributed by atoms with Crippen LogP contribution in [0.4, 0.5) is 0 Å². The Kier molecular flexibility index (Phi) is 8.10. The minimum absolute atomic E-state index is 0.0422. The first-order valence-electron chi connectivity index (χ1n) is 9.66. The molecule has 2 atom stereocenters. The quantitative estimate of drug-likeness (QED) is 0.729. The molecule has 0 spiro atoms. The lowest BCUT2D eigenvalue weighted by Gasteiger charge is -2.28. The van der Waals surface area contributed by atoms with Crippen molar-refractivity contribution < 1.29 is 9.59 Å². The maximum Gasteiger partial charge on any atom is 0.242 e. The summed E-state index contributed by atoms with van der Waals surface area (Å²) in [5.41, 5.74) is 1.20. The minimum Gasteiger partial charge on any atom is -0.352 e. The van der Waals surface area contributed by atoms with E-state index in [0.29, 0.717) is 6.54 Å². The summed E-state index contributed by atoms with van der Waals surface area (Å²) in [6.45, 7) is 4.49. The zero-order valence-electron chi connectivity index (χ0n) is 16.5. The minimum atomic E-state index is -0.477. The van der Waals surface area contributed by atoms with E-state index in [0.717, 1.165) is 25.7 Å². The fourth-order valence-electron chi connectivity index (χ4n) is 3.54. The van der Waals surface area contributed by atoms with E-state index in [4.69, 9.17) is 0 Å². The molecular weight excluding hydrogens is 346 g/mol. The van der Waals surface area contributed by atoms with E-state index in [1.54, 1.807) is 11.3 Å². The number of hydrogen-bond donors (Lipinski definition) is 2. The Labute approximate surface area is 161 Å². The number of carbonyl (C=O) groups is 2. The lowest BCUT2D eigenvalue weighted by molar-refractivity contribution is -0.132. The summed E-state index contributed by atoms with van der Waals surface area (Å²) in [6, 6.07) is 1.74. The van der Waals surface area contributed by atoms with E-state index in [2.05, 4.69) is 32.4 Å². The Morgan fingerprint density at radius 2 is 1.92 bits per heavy atom. The summed E-state index contributed by atoms with van der Waals surface area (Å²) in [4.78, 5) is 27.4. The molecule has 1 aliphatic rings. The molecule has 2 rings (SSSR count). The molecule has 0 radical (unpaired) electrons. The number of likely N-dealkylation sites (N-methyl/N-ethyl adjacent to an activating group) is 1. The van der Waals surface area contributed by atoms with Crippen LogP contribution in [0.15, 0.2) is 16.8 Å². The molecule has 6 heteroatoms. The first-order chi connectivity index (χ1) is 12.4. The predicted molar refractivity (Wildman–Crippen MR) is 107 cm³/mol. The van der Waals surface area contributed by atoms with Gasteiger partial charge in [0.05, 0.1) is 6.04 Å². The number of amides is 2. The van der Waals surface area contributed by atoms with E-state index < -0.39 is 6.04 Å². The Balaban J connectivity index is 1.93. The second-order valence-electron chi connectivity index (χ2n) is 7.85. The summed E-state index contributed by atoms with van der Waals surface area (Å²) < 4.78 is 0. The van der Waals surface area contributed by atoms with Gasteiger partial charge >= 0.3 is 0 Å². The normalized spacial score (nSPS) is 17.9. The molecule has 1 aromatic heterocycles. The molecule has 0 aromatic carbocycles. The second-order valence-corrected chi connectivity index (χ2v) is 8.63. The number of rotatable bonds is 8. The second kappa shape index (κ2) is 10.1. The third kappa shape index (κ3) is 5.81. The molecule has 1 heterocycles. The third-order valence-corrected chi connectivity index (χ3v) is 5.95. The molecule has 1 aliphatic carbocycles. The molecule has 146 valence electrons. The lowest BCUT2D eigenvalue weighted by atomic mass is 9.88. The van der Waals surface area contributed by atoms with Crippen LogP contribution in [0.2, 0.25) is 0 Å². The van der Waals surface area contributed by atoms with Crippen LogP contribution < -0.4 is 10.6 Å². The zero-order chi connectivity index (χ0) is 19.1. The van der Waals surface area contributed by atoms with Crippen molar-refractivity contribution in [3.05, 3.63) is 22.4 Å². The number of thiophene rings is 1. The molecule has 2 N–H and O–H groups in total. The van der Waals surface area contributed by atoms with Gasteiger partial charge in [-0.05, 0) is 55.2 Å². The van der Waals surface area contributed by atoms with Gasteiger partial charge in [0.1, 0.15) is 6.04 Å². The highest BCUT2D eigenvalue weighted by Gasteiger charge is 2.29. The van der Waals surface area contributed by atoms with Crippen LogP contribution in [0.1, 0.15) is 57.6 Å². The molecule has 0 aliphatic heterocycles. The number of nitrogens with one attached hydrogen (secondary N) is 2. The van der Waals surface area contributed by atoms with Crippen molar-refractivity contribution in [1.82, 2.24) is 15.5 Å².